The highest BCUT2D eigenvalue weighted by Crippen LogP contribution is 2.01. The number of nitrogens with one attached hydrogen (secondary N) is 1. The van der Waals surface area contributed by atoms with E-state index in [9.17, 15) is 9.59 Å². The number of aliphatic carboxylic acids is 1. The van der Waals surface area contributed by atoms with E-state index in [1.807, 2.05) is 0 Å². The van der Waals surface area contributed by atoms with E-state index in [0.29, 0.717) is 6.54 Å². The second kappa shape index (κ2) is 5.53. The number of hydrogen-bond donors (Lipinski definition) is 3. The van der Waals surface area contributed by atoms with Gasteiger partial charge in [0.15, 0.2) is 0 Å². The lowest BCUT2D eigenvalue weighted by atomic mass is 10.0. The van der Waals surface area contributed by atoms with Gasteiger partial charge in [-0.1, -0.05) is 13.8 Å². The van der Waals surface area contributed by atoms with Gasteiger partial charge in [0.25, 0.3) is 0 Å². The van der Waals surface area contributed by atoms with Crippen molar-refractivity contribution in [1.82, 2.24) is 5.32 Å². The van der Waals surface area contributed by atoms with Crippen LogP contribution in [0.25, 0.3) is 0 Å². The van der Waals surface area contributed by atoms with Gasteiger partial charge in [-0.25, -0.2) is 0 Å². The molecule has 0 aromatic heterocycles. The zero-order valence-corrected chi connectivity index (χ0v) is 7.91. The Morgan fingerprint density at radius 2 is 2.00 bits per heavy atom. The van der Waals surface area contributed by atoms with E-state index in [2.05, 4.69) is 5.32 Å². The highest BCUT2D eigenvalue weighted by molar-refractivity contribution is 5.75. The number of carbonyl (C=O) groups excluding carboxylic acids is 1. The summed E-state index contributed by atoms with van der Waals surface area (Å²) in [6.45, 7) is 3.91. The van der Waals surface area contributed by atoms with Gasteiger partial charge in [-0.15, -0.1) is 0 Å². The first-order valence-electron chi connectivity index (χ1n) is 4.19. The minimum absolute atomic E-state index is 0.00891. The molecule has 13 heavy (non-hydrogen) atoms. The molecule has 0 spiro atoms. The Labute approximate surface area is 77.3 Å². The summed E-state index contributed by atoms with van der Waals surface area (Å²) in [6, 6.07) is -0.612. The fraction of sp³-hybridized carbons (Fsp3) is 0.750. The van der Waals surface area contributed by atoms with Crippen molar-refractivity contribution in [2.75, 3.05) is 6.54 Å². The van der Waals surface area contributed by atoms with Gasteiger partial charge in [-0.05, 0) is 5.92 Å². The van der Waals surface area contributed by atoms with Crippen molar-refractivity contribution >= 4 is 11.9 Å². The largest absolute Gasteiger partial charge is 0.480 e. The molecule has 0 radical (unpaired) electrons. The van der Waals surface area contributed by atoms with Crippen molar-refractivity contribution in [1.29, 1.82) is 0 Å². The molecule has 0 aliphatic carbocycles. The molecular formula is C8H16N2O3. The number of carboxylic acids is 1. The van der Waals surface area contributed by atoms with E-state index >= 15 is 0 Å². The molecule has 1 unspecified atom stereocenters. The number of carboxylic acid groups (broad SMARTS) is 1. The molecule has 0 saturated heterocycles. The van der Waals surface area contributed by atoms with Gasteiger partial charge in [-0.3, -0.25) is 9.59 Å². The third-order valence-corrected chi connectivity index (χ3v) is 1.67. The summed E-state index contributed by atoms with van der Waals surface area (Å²) in [5.41, 5.74) is 4.90. The van der Waals surface area contributed by atoms with Crippen LogP contribution in [0.4, 0.5) is 0 Å². The van der Waals surface area contributed by atoms with Crippen LogP contribution >= 0.6 is 0 Å². The molecule has 0 heterocycles. The fourth-order valence-electron chi connectivity index (χ4n) is 0.959. The number of primary amides is 1. The standard InChI is InChI=1S/C8H16N2O3/c1-5(2)7(8(12)13)10-4-3-6(9)11/h5,7,10H,3-4H2,1-2H3,(H2,9,11)(H,12,13). The van der Waals surface area contributed by atoms with Gasteiger partial charge < -0.3 is 16.2 Å². The van der Waals surface area contributed by atoms with Gasteiger partial charge in [-0.2, -0.15) is 0 Å². The molecule has 4 N–H and O–H groups in total. The summed E-state index contributed by atoms with van der Waals surface area (Å²) < 4.78 is 0. The lowest BCUT2D eigenvalue weighted by Crippen LogP contribution is -2.42. The van der Waals surface area contributed by atoms with Crippen LogP contribution in [0.3, 0.4) is 0 Å². The number of rotatable bonds is 6. The van der Waals surface area contributed by atoms with E-state index < -0.39 is 17.9 Å². The predicted molar refractivity (Wildman–Crippen MR) is 48.1 cm³/mol. The van der Waals surface area contributed by atoms with Crippen molar-refractivity contribution < 1.29 is 14.7 Å². The molecular weight excluding hydrogens is 172 g/mol. The van der Waals surface area contributed by atoms with E-state index in [1.54, 1.807) is 13.8 Å². The summed E-state index contributed by atoms with van der Waals surface area (Å²) in [4.78, 5) is 21.0. The monoisotopic (exact) mass is 188 g/mol. The predicted octanol–water partition coefficient (Wildman–Crippen LogP) is -0.439. The Kier molecular flexibility index (Phi) is 5.06. The summed E-state index contributed by atoms with van der Waals surface area (Å²) in [7, 11) is 0. The van der Waals surface area contributed by atoms with Crippen LogP contribution in [0, 0.1) is 5.92 Å². The first-order valence-corrected chi connectivity index (χ1v) is 4.19. The molecule has 0 aromatic carbocycles. The lowest BCUT2D eigenvalue weighted by Gasteiger charge is -2.17. The summed E-state index contributed by atoms with van der Waals surface area (Å²) in [5.74, 6) is -1.34. The van der Waals surface area contributed by atoms with Crippen molar-refractivity contribution in [3.8, 4) is 0 Å². The van der Waals surface area contributed by atoms with Crippen molar-refractivity contribution in [2.24, 2.45) is 11.7 Å². The van der Waals surface area contributed by atoms with Gasteiger partial charge in [0, 0.05) is 13.0 Å². The Balaban J connectivity index is 3.84. The van der Waals surface area contributed by atoms with E-state index in [1.165, 1.54) is 0 Å². The van der Waals surface area contributed by atoms with Crippen LogP contribution in [0.1, 0.15) is 20.3 Å². The molecule has 0 rings (SSSR count). The smallest absolute Gasteiger partial charge is 0.320 e. The molecule has 0 bridgehead atoms. The Morgan fingerprint density at radius 1 is 1.46 bits per heavy atom. The number of nitrogens with two attached hydrogens (primary N) is 1. The van der Waals surface area contributed by atoms with Crippen LogP contribution in [0.2, 0.25) is 0 Å². The lowest BCUT2D eigenvalue weighted by molar-refractivity contribution is -0.140. The first-order chi connectivity index (χ1) is 5.95. The number of hydrogen-bond acceptors (Lipinski definition) is 3. The molecule has 1 amide bonds. The first kappa shape index (κ1) is 11.9. The average molecular weight is 188 g/mol. The quantitative estimate of drug-likeness (QED) is 0.527. The van der Waals surface area contributed by atoms with Crippen molar-refractivity contribution in [3.63, 3.8) is 0 Å². The second-order valence-corrected chi connectivity index (χ2v) is 3.23. The molecule has 76 valence electrons. The van der Waals surface area contributed by atoms with E-state index in [0.717, 1.165) is 0 Å². The van der Waals surface area contributed by atoms with Crippen molar-refractivity contribution in [3.05, 3.63) is 0 Å². The molecule has 0 fully saturated rings. The highest BCUT2D eigenvalue weighted by atomic mass is 16.4. The maximum Gasteiger partial charge on any atom is 0.320 e. The number of carbonyl (C=O) groups is 2. The Morgan fingerprint density at radius 3 is 2.31 bits per heavy atom. The van der Waals surface area contributed by atoms with Crippen LogP contribution < -0.4 is 11.1 Å². The van der Waals surface area contributed by atoms with E-state index in [4.69, 9.17) is 10.8 Å². The van der Waals surface area contributed by atoms with Crippen molar-refractivity contribution in [2.45, 2.75) is 26.3 Å². The molecule has 1 atom stereocenters. The van der Waals surface area contributed by atoms with Gasteiger partial charge in [0.1, 0.15) is 6.04 Å². The topological polar surface area (TPSA) is 92.4 Å². The summed E-state index contributed by atoms with van der Waals surface area (Å²) in [5, 5.41) is 11.5. The van der Waals surface area contributed by atoms with Crippen LogP contribution in [0.15, 0.2) is 0 Å². The summed E-state index contributed by atoms with van der Waals surface area (Å²) in [6.07, 6.45) is 0.163. The minimum atomic E-state index is -0.903. The highest BCUT2D eigenvalue weighted by Gasteiger charge is 2.20. The van der Waals surface area contributed by atoms with Gasteiger partial charge in [0.05, 0.1) is 0 Å². The van der Waals surface area contributed by atoms with Crippen LogP contribution in [-0.2, 0) is 9.59 Å². The van der Waals surface area contributed by atoms with Crippen LogP contribution in [0.5, 0.6) is 0 Å². The summed E-state index contributed by atoms with van der Waals surface area (Å²) >= 11 is 0. The molecule has 5 nitrogen and oxygen atoms in total. The SMILES string of the molecule is CC(C)C(NCCC(N)=O)C(=O)O. The van der Waals surface area contributed by atoms with Gasteiger partial charge in [0.2, 0.25) is 5.91 Å². The third-order valence-electron chi connectivity index (χ3n) is 1.67. The third kappa shape index (κ3) is 5.19. The average Bonchev–Trinajstić information content (AvgIpc) is 1.95. The molecule has 0 aromatic rings. The zero-order valence-electron chi connectivity index (χ0n) is 7.91. The van der Waals surface area contributed by atoms with Crippen LogP contribution in [-0.4, -0.2) is 29.6 Å². The molecule has 0 saturated carbocycles. The molecule has 0 aliphatic heterocycles. The minimum Gasteiger partial charge on any atom is -0.480 e. The van der Waals surface area contributed by atoms with Gasteiger partial charge >= 0.3 is 5.97 Å². The van der Waals surface area contributed by atoms with E-state index in [-0.39, 0.29) is 12.3 Å². The maximum atomic E-state index is 10.6. The molecule has 0 aliphatic rings. The Bertz CT molecular complexity index is 192. The molecule has 5 heteroatoms. The zero-order chi connectivity index (χ0) is 10.4. The fourth-order valence-corrected chi connectivity index (χ4v) is 0.959. The Hall–Kier alpha value is -1.10. The normalized spacial score (nSPS) is 12.8. The number of amides is 1. The second-order valence-electron chi connectivity index (χ2n) is 3.23. The maximum absolute atomic E-state index is 10.6.